The van der Waals surface area contributed by atoms with Gasteiger partial charge in [0.1, 0.15) is 5.75 Å². The Bertz CT molecular complexity index is 1650. The Kier molecular flexibility index (Phi) is 21.9. The molecule has 0 bridgehead atoms. The molecule has 0 saturated heterocycles. The lowest BCUT2D eigenvalue weighted by atomic mass is 9.88. The van der Waals surface area contributed by atoms with Gasteiger partial charge in [-0.2, -0.15) is 0 Å². The van der Waals surface area contributed by atoms with Crippen molar-refractivity contribution in [1.29, 1.82) is 0 Å². The number of amides is 5. The number of Topliss-reactive ketones (excluding diaryl/α,β-unsaturated/α-hetero) is 3. The first-order valence-corrected chi connectivity index (χ1v) is 18.6. The molecule has 0 aliphatic rings. The van der Waals surface area contributed by atoms with Crippen molar-refractivity contribution in [3.8, 4) is 5.75 Å². The summed E-state index contributed by atoms with van der Waals surface area (Å²) in [5.74, 6) is -11.8. The number of nitrogens with zero attached hydrogens (tertiary/aromatic N) is 1. The highest BCUT2D eigenvalue weighted by Gasteiger charge is 2.35. The van der Waals surface area contributed by atoms with Crippen LogP contribution in [0, 0.1) is 17.8 Å². The number of aliphatic carboxylic acids is 1. The number of ketones is 3. The van der Waals surface area contributed by atoms with Crippen LogP contribution in [0.15, 0.2) is 29.3 Å². The Hall–Kier alpha value is -5.96. The molecular weight excluding hydrogens is 762 g/mol. The highest BCUT2D eigenvalue weighted by atomic mass is 16.4. The van der Waals surface area contributed by atoms with Gasteiger partial charge in [-0.25, -0.2) is 0 Å². The van der Waals surface area contributed by atoms with Crippen molar-refractivity contribution in [3.63, 3.8) is 0 Å². The number of hydrogen-bond acceptors (Lipinski definition) is 13. The second kappa shape index (κ2) is 25.3. The lowest BCUT2D eigenvalue weighted by Crippen LogP contribution is -2.49. The number of nitrogens with two attached hydrogens (primary N) is 5. The first-order chi connectivity index (χ1) is 27.1. The van der Waals surface area contributed by atoms with Crippen molar-refractivity contribution in [2.75, 3.05) is 13.6 Å². The van der Waals surface area contributed by atoms with E-state index >= 15 is 0 Å². The molecule has 58 heavy (non-hydrogen) atoms. The number of carboxylic acid groups (broad SMARTS) is 1. The summed E-state index contributed by atoms with van der Waals surface area (Å²) < 4.78 is 0. The maximum atomic E-state index is 13.9. The highest BCUT2D eigenvalue weighted by molar-refractivity contribution is 5.97. The van der Waals surface area contributed by atoms with Crippen molar-refractivity contribution in [2.24, 2.45) is 51.4 Å². The first-order valence-electron chi connectivity index (χ1n) is 18.6. The number of phenolic OH excluding ortho intramolecular Hbond substituents is 1. The molecule has 0 heterocycles. The van der Waals surface area contributed by atoms with E-state index in [0.29, 0.717) is 5.56 Å². The fourth-order valence-electron chi connectivity index (χ4n) is 5.98. The average molecular weight is 820 g/mol. The van der Waals surface area contributed by atoms with E-state index in [9.17, 15) is 53.4 Å². The van der Waals surface area contributed by atoms with Gasteiger partial charge in [-0.05, 0) is 63.8 Å². The van der Waals surface area contributed by atoms with Gasteiger partial charge in [0.15, 0.2) is 23.3 Å². The molecule has 322 valence electrons. The number of aliphatic imine (C=N–C) groups is 1. The predicted molar refractivity (Wildman–Crippen MR) is 208 cm³/mol. The fraction of sp³-hybridized carbons (Fsp3) is 0.568. The van der Waals surface area contributed by atoms with Gasteiger partial charge < -0.3 is 59.9 Å². The first kappa shape index (κ1) is 50.1. The van der Waals surface area contributed by atoms with Crippen molar-refractivity contribution >= 4 is 58.8 Å². The van der Waals surface area contributed by atoms with Crippen LogP contribution in [-0.2, 0) is 49.6 Å². The van der Waals surface area contributed by atoms with Gasteiger partial charge in [-0.3, -0.25) is 48.1 Å². The number of carbonyl (C=O) groups is 9. The predicted octanol–water partition coefficient (Wildman–Crippen LogP) is -2.86. The quantitative estimate of drug-likeness (QED) is 0.0211. The fourth-order valence-corrected chi connectivity index (χ4v) is 5.98. The van der Waals surface area contributed by atoms with Crippen LogP contribution in [0.3, 0.4) is 0 Å². The number of aliphatic hydroxyl groups excluding tert-OH is 1. The zero-order valence-corrected chi connectivity index (χ0v) is 32.7. The normalized spacial score (nSPS) is 14.6. The minimum atomic E-state index is -1.43. The third-order valence-electron chi connectivity index (χ3n) is 9.32. The summed E-state index contributed by atoms with van der Waals surface area (Å²) in [4.78, 5) is 119. The zero-order valence-electron chi connectivity index (χ0n) is 32.7. The SMILES string of the molecule is CN[C@@H](CC(=O)O)C(=O)C[C@H](C(=O)N[C@@H](CCCN=C(N)N)C(=O)C[C@@H](CCC(N)=O)C(=O)N[C@@H](CCC(N)=O)C(=O)C[C@@H](Cc1ccc(O)cc1)C(N)=O)[C@@H](C)O. The largest absolute Gasteiger partial charge is 0.508 e. The van der Waals surface area contributed by atoms with Crippen LogP contribution in [-0.4, -0.2) is 112 Å². The molecule has 5 amide bonds. The third kappa shape index (κ3) is 19.3. The molecule has 0 saturated carbocycles. The maximum Gasteiger partial charge on any atom is 0.305 e. The molecule has 0 spiro atoms. The molecule has 1 aromatic carbocycles. The lowest BCUT2D eigenvalue weighted by Gasteiger charge is -2.26. The Morgan fingerprint density at radius 3 is 1.71 bits per heavy atom. The van der Waals surface area contributed by atoms with E-state index in [-0.39, 0.29) is 63.2 Å². The number of primary amides is 3. The topological polar surface area (TPSA) is 393 Å². The molecule has 0 aromatic heterocycles. The van der Waals surface area contributed by atoms with Crippen molar-refractivity contribution in [1.82, 2.24) is 16.0 Å². The molecule has 7 atom stereocenters. The molecular formula is C37H57N9O12. The monoisotopic (exact) mass is 819 g/mol. The van der Waals surface area contributed by atoms with Crippen LogP contribution in [0.25, 0.3) is 0 Å². The van der Waals surface area contributed by atoms with Gasteiger partial charge in [0.05, 0.1) is 36.6 Å². The minimum Gasteiger partial charge on any atom is -0.508 e. The van der Waals surface area contributed by atoms with E-state index in [1.165, 1.54) is 38.2 Å². The molecule has 0 aliphatic carbocycles. The summed E-state index contributed by atoms with van der Waals surface area (Å²) >= 11 is 0. The Labute approximate surface area is 335 Å². The number of hydrogen-bond donors (Lipinski definition) is 11. The van der Waals surface area contributed by atoms with Crippen LogP contribution in [0.2, 0.25) is 0 Å². The molecule has 1 aromatic rings. The number of phenols is 1. The number of rotatable bonds is 30. The van der Waals surface area contributed by atoms with E-state index in [4.69, 9.17) is 33.8 Å². The van der Waals surface area contributed by atoms with Gasteiger partial charge in [0, 0.05) is 50.5 Å². The van der Waals surface area contributed by atoms with Crippen LogP contribution >= 0.6 is 0 Å². The number of likely N-dealkylation sites (N-methyl/N-ethyl adjacent to an activating group) is 1. The van der Waals surface area contributed by atoms with Crippen molar-refractivity contribution in [3.05, 3.63) is 29.8 Å². The molecule has 1 rings (SSSR count). The van der Waals surface area contributed by atoms with Gasteiger partial charge in [-0.1, -0.05) is 12.1 Å². The van der Waals surface area contributed by atoms with E-state index in [1.807, 2.05) is 0 Å². The van der Waals surface area contributed by atoms with E-state index in [2.05, 4.69) is 20.9 Å². The number of aromatic hydroxyl groups is 1. The molecule has 0 unspecified atom stereocenters. The second-order valence-electron chi connectivity index (χ2n) is 14.0. The molecule has 16 N–H and O–H groups in total. The molecule has 0 fully saturated rings. The van der Waals surface area contributed by atoms with Crippen molar-refractivity contribution in [2.45, 2.75) is 102 Å². The number of carbonyl (C=O) groups excluding carboxylic acids is 8. The van der Waals surface area contributed by atoms with Crippen LogP contribution in [0.5, 0.6) is 5.75 Å². The number of guanidine groups is 1. The highest BCUT2D eigenvalue weighted by Crippen LogP contribution is 2.21. The summed E-state index contributed by atoms with van der Waals surface area (Å²) in [5.41, 5.74) is 27.6. The van der Waals surface area contributed by atoms with E-state index in [0.717, 1.165) is 0 Å². The number of aliphatic hydroxyl groups is 1. The van der Waals surface area contributed by atoms with Crippen LogP contribution in [0.1, 0.15) is 76.7 Å². The summed E-state index contributed by atoms with van der Waals surface area (Å²) in [6.07, 6.45) is -4.97. The Balaban J connectivity index is 3.40. The van der Waals surface area contributed by atoms with Crippen LogP contribution < -0.4 is 44.6 Å². The molecule has 0 radical (unpaired) electrons. The van der Waals surface area contributed by atoms with E-state index < -0.39 is 121 Å². The number of benzene rings is 1. The average Bonchev–Trinajstić information content (AvgIpc) is 3.13. The summed E-state index contributed by atoms with van der Waals surface area (Å²) in [6, 6.07) is 1.91. The lowest BCUT2D eigenvalue weighted by molar-refractivity contribution is -0.140. The molecule has 0 aliphatic heterocycles. The van der Waals surface area contributed by atoms with Gasteiger partial charge in [0.25, 0.3) is 0 Å². The standard InChI is InChI=1S/C37H57N9O12/c1-19(47)24(17-30(51)27(43-2)18-33(54)55)36(58)46-25(4-3-13-44-37(41)42)28(49)15-21(7-11-31(38)52)35(57)45-26(10-12-32(39)53)29(50)16-22(34(40)56)14-20-5-8-23(48)9-6-20/h5-6,8-9,19,21-22,24-27,43,47-48H,3-4,7,10-18H2,1-2H3,(H2,38,52)(H2,39,53)(H2,40,56)(H,45,57)(H,46,58)(H,54,55)(H4,41,42,44)/t19-,21-,22-,24+,25+,26+,27+/m1/s1. The summed E-state index contributed by atoms with van der Waals surface area (Å²) in [5, 5.41) is 36.8. The van der Waals surface area contributed by atoms with Crippen molar-refractivity contribution < 1.29 is 58.5 Å². The van der Waals surface area contributed by atoms with Gasteiger partial charge in [0.2, 0.25) is 29.5 Å². The Morgan fingerprint density at radius 1 is 0.690 bits per heavy atom. The zero-order chi connectivity index (χ0) is 44.1. The van der Waals surface area contributed by atoms with Gasteiger partial charge in [-0.15, -0.1) is 0 Å². The summed E-state index contributed by atoms with van der Waals surface area (Å²) in [6.45, 7) is 1.26. The third-order valence-corrected chi connectivity index (χ3v) is 9.32. The molecule has 21 heteroatoms. The number of nitrogens with one attached hydrogen (secondary N) is 3. The summed E-state index contributed by atoms with van der Waals surface area (Å²) in [7, 11) is 1.35. The number of carboxylic acids is 1. The molecule has 21 nitrogen and oxygen atoms in total. The Morgan fingerprint density at radius 2 is 1.21 bits per heavy atom. The van der Waals surface area contributed by atoms with Crippen LogP contribution in [0.4, 0.5) is 0 Å². The minimum absolute atomic E-state index is 0.00631. The maximum absolute atomic E-state index is 13.9. The second-order valence-corrected chi connectivity index (χ2v) is 14.0. The smallest absolute Gasteiger partial charge is 0.305 e. The van der Waals surface area contributed by atoms with Gasteiger partial charge >= 0.3 is 5.97 Å². The van der Waals surface area contributed by atoms with E-state index in [1.54, 1.807) is 0 Å².